The van der Waals surface area contributed by atoms with Crippen LogP contribution in [0.15, 0.2) is 47.1 Å². The smallest absolute Gasteiger partial charge is 0.207 e. The lowest BCUT2D eigenvalue weighted by atomic mass is 10.1. The van der Waals surface area contributed by atoms with E-state index in [0.29, 0.717) is 0 Å². The van der Waals surface area contributed by atoms with Crippen molar-refractivity contribution in [2.45, 2.75) is 27.7 Å². The Bertz CT molecular complexity index is 640. The molecular weight excluding hydrogens is 378 g/mol. The number of benzene rings is 1. The molecule has 0 radical (unpaired) electrons. The minimum Gasteiger partial charge on any atom is -0.505 e. The first kappa shape index (κ1) is 21.4. The van der Waals surface area contributed by atoms with E-state index in [-0.39, 0.29) is 22.2 Å². The highest BCUT2D eigenvalue weighted by Crippen LogP contribution is 2.20. The van der Waals surface area contributed by atoms with Crippen molar-refractivity contribution in [2.24, 2.45) is 0 Å². The molecule has 0 spiro atoms. The highest BCUT2D eigenvalue weighted by Gasteiger charge is 2.10. The van der Waals surface area contributed by atoms with Crippen LogP contribution >= 0.6 is 27.5 Å². The van der Waals surface area contributed by atoms with Gasteiger partial charge in [-0.1, -0.05) is 73.4 Å². The highest BCUT2D eigenvalue weighted by atomic mass is 79.9. The lowest BCUT2D eigenvalue weighted by molar-refractivity contribution is 0.104. The van der Waals surface area contributed by atoms with Crippen molar-refractivity contribution < 1.29 is 9.90 Å². The van der Waals surface area contributed by atoms with E-state index in [0.717, 1.165) is 10.0 Å². The van der Waals surface area contributed by atoms with E-state index in [1.807, 2.05) is 52.0 Å². The van der Waals surface area contributed by atoms with Crippen LogP contribution in [0.3, 0.4) is 0 Å². The summed E-state index contributed by atoms with van der Waals surface area (Å²) < 4.78 is 0.966. The number of pyridine rings is 1. The van der Waals surface area contributed by atoms with Gasteiger partial charge in [-0.15, -0.1) is 0 Å². The molecule has 23 heavy (non-hydrogen) atoms. The summed E-state index contributed by atoms with van der Waals surface area (Å²) in [7, 11) is 0. The van der Waals surface area contributed by atoms with Gasteiger partial charge >= 0.3 is 0 Å². The molecule has 0 aliphatic rings. The quantitative estimate of drug-likeness (QED) is 0.498. The first-order chi connectivity index (χ1) is 11.1. The Balaban J connectivity index is 0.00000112. The van der Waals surface area contributed by atoms with Crippen molar-refractivity contribution in [3.63, 3.8) is 0 Å². The van der Waals surface area contributed by atoms with Gasteiger partial charge in [0.05, 0.1) is 5.02 Å². The second-order valence-electron chi connectivity index (χ2n) is 3.77. The molecule has 0 saturated heterocycles. The predicted molar refractivity (Wildman–Crippen MR) is 101 cm³/mol. The largest absolute Gasteiger partial charge is 0.505 e. The molecule has 2 aromatic rings. The summed E-state index contributed by atoms with van der Waals surface area (Å²) in [5, 5.41) is 9.87. The number of hydrogen-bond acceptors (Lipinski definition) is 3. The van der Waals surface area contributed by atoms with Crippen LogP contribution in [0.4, 0.5) is 0 Å². The normalized spacial score (nSPS) is 9.48. The Hall–Kier alpha value is -1.65. The number of halogens is 2. The minimum atomic E-state index is -0.378. The number of aromatic nitrogens is 1. The van der Waals surface area contributed by atoms with Crippen LogP contribution < -0.4 is 0 Å². The summed E-state index contributed by atoms with van der Waals surface area (Å²) in [5.41, 5.74) is 0.864. The van der Waals surface area contributed by atoms with Crippen LogP contribution in [0.1, 0.15) is 43.7 Å². The Morgan fingerprint density at radius 1 is 1.17 bits per heavy atom. The standard InChI is InChI=1S/C14H9BrClNO2.2C2H6/c15-10-4-1-9(2-5-10)3-6-12(18)14-13(19)7-11(16)8-17-14;2*1-2/h1-8,19H;2*1-2H3/b6-3+;;. The molecule has 0 unspecified atom stereocenters. The van der Waals surface area contributed by atoms with Gasteiger partial charge in [0.25, 0.3) is 0 Å². The molecule has 2 rings (SSSR count). The molecule has 1 aromatic carbocycles. The fraction of sp³-hybridized carbons (Fsp3) is 0.222. The van der Waals surface area contributed by atoms with E-state index >= 15 is 0 Å². The molecule has 0 aliphatic heterocycles. The summed E-state index contributed by atoms with van der Waals surface area (Å²) in [5.74, 6) is -0.602. The Morgan fingerprint density at radius 2 is 1.74 bits per heavy atom. The number of allylic oxidation sites excluding steroid dienone is 1. The van der Waals surface area contributed by atoms with E-state index in [9.17, 15) is 9.90 Å². The molecule has 3 nitrogen and oxygen atoms in total. The number of aromatic hydroxyl groups is 1. The van der Waals surface area contributed by atoms with E-state index in [4.69, 9.17) is 11.6 Å². The van der Waals surface area contributed by atoms with Crippen molar-refractivity contribution in [3.05, 3.63) is 63.4 Å². The van der Waals surface area contributed by atoms with Gasteiger partial charge in [0, 0.05) is 16.7 Å². The molecule has 0 fully saturated rings. The molecule has 1 N–H and O–H groups in total. The van der Waals surface area contributed by atoms with Crippen molar-refractivity contribution >= 4 is 39.4 Å². The average molecular weight is 399 g/mol. The zero-order valence-corrected chi connectivity index (χ0v) is 16.0. The molecule has 0 amide bonds. The number of rotatable bonds is 3. The van der Waals surface area contributed by atoms with E-state index < -0.39 is 0 Å². The van der Waals surface area contributed by atoms with E-state index in [1.165, 1.54) is 18.3 Å². The SMILES string of the molecule is CC.CC.O=C(/C=C/c1ccc(Br)cc1)c1ncc(Cl)cc1O. The van der Waals surface area contributed by atoms with Gasteiger partial charge in [0.2, 0.25) is 5.78 Å². The van der Waals surface area contributed by atoms with Crippen LogP contribution in [0.25, 0.3) is 6.08 Å². The second-order valence-corrected chi connectivity index (χ2v) is 5.12. The van der Waals surface area contributed by atoms with Crippen molar-refractivity contribution in [2.75, 3.05) is 0 Å². The molecule has 0 saturated carbocycles. The summed E-state index contributed by atoms with van der Waals surface area (Å²) in [6, 6.07) is 8.77. The molecule has 124 valence electrons. The fourth-order valence-corrected chi connectivity index (χ4v) is 1.86. The van der Waals surface area contributed by atoms with Crippen LogP contribution in [0.2, 0.25) is 5.02 Å². The number of ketones is 1. The summed E-state index contributed by atoms with van der Waals surface area (Å²) in [4.78, 5) is 15.7. The molecule has 0 atom stereocenters. The molecule has 0 aliphatic carbocycles. The number of carbonyl (C=O) groups is 1. The van der Waals surface area contributed by atoms with Gasteiger partial charge in [0.15, 0.2) is 5.69 Å². The summed E-state index contributed by atoms with van der Waals surface area (Å²) >= 11 is 8.99. The summed E-state index contributed by atoms with van der Waals surface area (Å²) in [6.07, 6.45) is 4.34. The molecular formula is C18H21BrClNO2. The van der Waals surface area contributed by atoms with Crippen LogP contribution in [-0.4, -0.2) is 15.9 Å². The molecule has 0 bridgehead atoms. The monoisotopic (exact) mass is 397 g/mol. The van der Waals surface area contributed by atoms with Crippen molar-refractivity contribution in [1.82, 2.24) is 4.98 Å². The lowest BCUT2D eigenvalue weighted by Crippen LogP contribution is -1.98. The topological polar surface area (TPSA) is 50.2 Å². The zero-order valence-electron chi connectivity index (χ0n) is 13.7. The average Bonchev–Trinajstić information content (AvgIpc) is 2.58. The lowest BCUT2D eigenvalue weighted by Gasteiger charge is -1.99. The third kappa shape index (κ3) is 7.44. The highest BCUT2D eigenvalue weighted by molar-refractivity contribution is 9.10. The van der Waals surface area contributed by atoms with Gasteiger partial charge in [-0.2, -0.15) is 0 Å². The van der Waals surface area contributed by atoms with Gasteiger partial charge in [-0.05, 0) is 23.8 Å². The molecule has 1 heterocycles. The first-order valence-electron chi connectivity index (χ1n) is 7.39. The van der Waals surface area contributed by atoms with Gasteiger partial charge < -0.3 is 5.11 Å². The maximum Gasteiger partial charge on any atom is 0.207 e. The Morgan fingerprint density at radius 3 is 2.26 bits per heavy atom. The van der Waals surface area contributed by atoms with Crippen LogP contribution in [0.5, 0.6) is 5.75 Å². The maximum absolute atomic E-state index is 11.9. The molecule has 5 heteroatoms. The van der Waals surface area contributed by atoms with Gasteiger partial charge in [-0.25, -0.2) is 4.98 Å². The maximum atomic E-state index is 11.9. The minimum absolute atomic E-state index is 0.0160. The number of nitrogens with zero attached hydrogens (tertiary/aromatic N) is 1. The van der Waals surface area contributed by atoms with E-state index in [1.54, 1.807) is 6.08 Å². The third-order valence-electron chi connectivity index (χ3n) is 2.36. The van der Waals surface area contributed by atoms with Crippen molar-refractivity contribution in [3.8, 4) is 5.75 Å². The van der Waals surface area contributed by atoms with Crippen LogP contribution in [0, 0.1) is 0 Å². The fourth-order valence-electron chi connectivity index (χ4n) is 1.44. The number of carbonyl (C=O) groups excluding carboxylic acids is 1. The van der Waals surface area contributed by atoms with Crippen molar-refractivity contribution in [1.29, 1.82) is 0 Å². The number of hydrogen-bond donors (Lipinski definition) is 1. The zero-order chi connectivity index (χ0) is 17.8. The summed E-state index contributed by atoms with van der Waals surface area (Å²) in [6.45, 7) is 8.00. The van der Waals surface area contributed by atoms with E-state index in [2.05, 4.69) is 20.9 Å². The Kier molecular flexibility index (Phi) is 11.0. The van der Waals surface area contributed by atoms with Gasteiger partial charge in [-0.3, -0.25) is 4.79 Å². The third-order valence-corrected chi connectivity index (χ3v) is 3.10. The molecule has 1 aromatic heterocycles. The second kappa shape index (κ2) is 11.9. The Labute approximate surface area is 151 Å². The van der Waals surface area contributed by atoms with Crippen LogP contribution in [-0.2, 0) is 0 Å². The van der Waals surface area contributed by atoms with Gasteiger partial charge in [0.1, 0.15) is 5.75 Å². The first-order valence-corrected chi connectivity index (χ1v) is 8.56. The predicted octanol–water partition coefficient (Wildman–Crippen LogP) is 6.15.